The number of carbonyl (C=O) groups is 2. The fourth-order valence-electron chi connectivity index (χ4n) is 2.66. The van der Waals surface area contributed by atoms with E-state index in [-0.39, 0.29) is 17.2 Å². The second-order valence-corrected chi connectivity index (χ2v) is 8.17. The summed E-state index contributed by atoms with van der Waals surface area (Å²) in [6.45, 7) is 0. The van der Waals surface area contributed by atoms with Gasteiger partial charge < -0.3 is 0 Å². The quantitative estimate of drug-likeness (QED) is 0.279. The molecule has 0 spiro atoms. The number of hydrogen-bond acceptors (Lipinski definition) is 6. The first kappa shape index (κ1) is 20.0. The van der Waals surface area contributed by atoms with E-state index >= 15 is 0 Å². The van der Waals surface area contributed by atoms with E-state index in [0.29, 0.717) is 5.03 Å². The number of carbonyl (C=O) groups excluding carboxylic acids is 2. The van der Waals surface area contributed by atoms with Gasteiger partial charge in [0.05, 0.1) is 5.75 Å². The van der Waals surface area contributed by atoms with Crippen molar-refractivity contribution in [2.24, 2.45) is 0 Å². The molecule has 2 N–H and O–H groups in total. The van der Waals surface area contributed by atoms with Crippen molar-refractivity contribution >= 4 is 45.1 Å². The third-order valence-corrected chi connectivity index (χ3v) is 6.21. The molecule has 2 aromatic heterocycles. The van der Waals surface area contributed by atoms with Gasteiger partial charge in [0.2, 0.25) is 5.91 Å². The Morgan fingerprint density at radius 1 is 1.00 bits per heavy atom. The van der Waals surface area contributed by atoms with Gasteiger partial charge in [-0.25, -0.2) is 14.4 Å². The molecule has 2 amide bonds. The lowest BCUT2D eigenvalue weighted by Crippen LogP contribution is -2.42. The molecule has 4 rings (SSSR count). The number of amides is 2. The van der Waals surface area contributed by atoms with Crippen LogP contribution in [0.15, 0.2) is 72.0 Å². The summed E-state index contributed by atoms with van der Waals surface area (Å²) in [7, 11) is 0. The molecule has 2 heterocycles. The van der Waals surface area contributed by atoms with Gasteiger partial charge in [0, 0.05) is 15.8 Å². The smallest absolute Gasteiger partial charge is 0.269 e. The average molecular weight is 439 g/mol. The van der Waals surface area contributed by atoms with Gasteiger partial charge in [-0.1, -0.05) is 42.1 Å². The van der Waals surface area contributed by atoms with Gasteiger partial charge in [-0.3, -0.25) is 20.4 Å². The Hall–Kier alpha value is -3.30. The molecule has 0 aliphatic carbocycles. The van der Waals surface area contributed by atoms with E-state index in [4.69, 9.17) is 0 Å². The Morgan fingerprint density at radius 3 is 2.53 bits per heavy atom. The van der Waals surface area contributed by atoms with Crippen molar-refractivity contribution in [3.05, 3.63) is 78.4 Å². The van der Waals surface area contributed by atoms with E-state index in [1.54, 1.807) is 11.3 Å². The minimum atomic E-state index is -0.525. The first-order valence-electron chi connectivity index (χ1n) is 8.87. The highest BCUT2D eigenvalue weighted by Crippen LogP contribution is 2.35. The minimum Gasteiger partial charge on any atom is -0.272 e. The van der Waals surface area contributed by atoms with Crippen LogP contribution in [0.1, 0.15) is 10.4 Å². The van der Waals surface area contributed by atoms with Crippen LogP contribution in [-0.4, -0.2) is 27.5 Å². The lowest BCUT2D eigenvalue weighted by atomic mass is 10.2. The van der Waals surface area contributed by atoms with Crippen molar-refractivity contribution in [1.29, 1.82) is 0 Å². The molecular formula is C21H15FN4O2S2. The van der Waals surface area contributed by atoms with E-state index in [0.717, 1.165) is 20.7 Å². The van der Waals surface area contributed by atoms with Crippen LogP contribution in [0, 0.1) is 5.82 Å². The molecule has 0 radical (unpaired) electrons. The minimum absolute atomic E-state index is 0.0618. The lowest BCUT2D eigenvalue weighted by molar-refractivity contribution is -0.119. The predicted molar refractivity (Wildman–Crippen MR) is 116 cm³/mol. The zero-order valence-electron chi connectivity index (χ0n) is 15.5. The van der Waals surface area contributed by atoms with Crippen LogP contribution in [0.25, 0.3) is 20.7 Å². The fourth-order valence-corrected chi connectivity index (χ4v) is 4.51. The number of nitrogens with zero attached hydrogens (tertiary/aromatic N) is 2. The van der Waals surface area contributed by atoms with Crippen LogP contribution >= 0.6 is 23.1 Å². The number of aromatic nitrogens is 2. The number of fused-ring (bicyclic) bond motifs is 1. The molecule has 0 aliphatic heterocycles. The molecule has 0 atom stereocenters. The van der Waals surface area contributed by atoms with Gasteiger partial charge in [0.25, 0.3) is 5.91 Å². The fraction of sp³-hybridized carbons (Fsp3) is 0.0476. The van der Waals surface area contributed by atoms with E-state index in [1.807, 2.05) is 36.4 Å². The Kier molecular flexibility index (Phi) is 6.01. The van der Waals surface area contributed by atoms with Crippen LogP contribution in [0.2, 0.25) is 0 Å². The maximum absolute atomic E-state index is 12.9. The summed E-state index contributed by atoms with van der Waals surface area (Å²) in [5, 5.41) is 1.58. The van der Waals surface area contributed by atoms with E-state index < -0.39 is 11.7 Å². The third-order valence-electron chi connectivity index (χ3n) is 4.11. The van der Waals surface area contributed by atoms with Crippen LogP contribution < -0.4 is 10.9 Å². The molecule has 0 unspecified atom stereocenters. The van der Waals surface area contributed by atoms with E-state index in [1.165, 1.54) is 42.4 Å². The molecule has 150 valence electrons. The number of nitrogens with one attached hydrogen (secondary N) is 2. The SMILES string of the molecule is O=C(CSc1ncnc2sc(-c3ccccc3)cc12)NNC(=O)c1ccc(F)cc1. The van der Waals surface area contributed by atoms with Crippen LogP contribution in [0.5, 0.6) is 0 Å². The topological polar surface area (TPSA) is 84.0 Å². The first-order chi connectivity index (χ1) is 14.6. The summed E-state index contributed by atoms with van der Waals surface area (Å²) >= 11 is 2.82. The molecule has 9 heteroatoms. The summed E-state index contributed by atoms with van der Waals surface area (Å²) in [6.07, 6.45) is 1.48. The van der Waals surface area contributed by atoms with Gasteiger partial charge in [0.15, 0.2) is 0 Å². The molecule has 2 aromatic carbocycles. The molecule has 0 bridgehead atoms. The molecule has 0 saturated carbocycles. The number of hydrazine groups is 1. The number of thioether (sulfide) groups is 1. The van der Waals surface area contributed by atoms with Crippen molar-refractivity contribution in [2.75, 3.05) is 5.75 Å². The molecule has 0 aliphatic rings. The summed E-state index contributed by atoms with van der Waals surface area (Å²) in [5.74, 6) is -1.29. The van der Waals surface area contributed by atoms with Gasteiger partial charge in [0.1, 0.15) is 22.0 Å². The van der Waals surface area contributed by atoms with Crippen molar-refractivity contribution in [1.82, 2.24) is 20.8 Å². The average Bonchev–Trinajstić information content (AvgIpc) is 3.22. The number of thiophene rings is 1. The highest BCUT2D eigenvalue weighted by atomic mass is 32.2. The number of rotatable bonds is 5. The largest absolute Gasteiger partial charge is 0.272 e. The Balaban J connectivity index is 1.38. The van der Waals surface area contributed by atoms with Crippen molar-refractivity contribution in [3.63, 3.8) is 0 Å². The normalized spacial score (nSPS) is 10.7. The van der Waals surface area contributed by atoms with Crippen molar-refractivity contribution in [3.8, 4) is 10.4 Å². The van der Waals surface area contributed by atoms with Gasteiger partial charge in [-0.2, -0.15) is 0 Å². The monoisotopic (exact) mass is 438 g/mol. The zero-order valence-corrected chi connectivity index (χ0v) is 17.1. The number of halogens is 1. The first-order valence-corrected chi connectivity index (χ1v) is 10.7. The number of benzene rings is 2. The Bertz CT molecular complexity index is 1200. The Morgan fingerprint density at radius 2 is 1.77 bits per heavy atom. The number of hydrogen-bond donors (Lipinski definition) is 2. The van der Waals surface area contributed by atoms with Crippen molar-refractivity contribution < 1.29 is 14.0 Å². The van der Waals surface area contributed by atoms with Crippen molar-refractivity contribution in [2.45, 2.75) is 5.03 Å². The predicted octanol–water partition coefficient (Wildman–Crippen LogP) is 4.05. The molecule has 6 nitrogen and oxygen atoms in total. The molecule has 4 aromatic rings. The van der Waals surface area contributed by atoms with Gasteiger partial charge in [-0.05, 0) is 35.9 Å². The van der Waals surface area contributed by atoms with E-state index in [9.17, 15) is 14.0 Å². The molecule has 30 heavy (non-hydrogen) atoms. The lowest BCUT2D eigenvalue weighted by Gasteiger charge is -2.07. The van der Waals surface area contributed by atoms with Gasteiger partial charge >= 0.3 is 0 Å². The maximum atomic E-state index is 12.9. The summed E-state index contributed by atoms with van der Waals surface area (Å²) in [6, 6.07) is 17.0. The van der Waals surface area contributed by atoms with E-state index in [2.05, 4.69) is 20.8 Å². The second kappa shape index (κ2) is 9.02. The van der Waals surface area contributed by atoms with Crippen LogP contribution in [0.4, 0.5) is 4.39 Å². The summed E-state index contributed by atoms with van der Waals surface area (Å²) < 4.78 is 12.9. The molecule has 0 fully saturated rings. The highest BCUT2D eigenvalue weighted by molar-refractivity contribution is 8.00. The van der Waals surface area contributed by atoms with Crippen LogP contribution in [0.3, 0.4) is 0 Å². The van der Waals surface area contributed by atoms with Gasteiger partial charge in [-0.15, -0.1) is 11.3 Å². The zero-order chi connectivity index (χ0) is 20.9. The standard InChI is InChI=1S/C21H15FN4O2S2/c22-15-8-6-14(7-9-15)19(28)26-25-18(27)11-29-20-16-10-17(13-4-2-1-3-5-13)30-21(16)24-12-23-20/h1-10,12H,11H2,(H,25,27)(H,26,28). The highest BCUT2D eigenvalue weighted by Gasteiger charge is 2.13. The molecule has 0 saturated heterocycles. The van der Waals surface area contributed by atoms with Crippen LogP contribution in [-0.2, 0) is 4.79 Å². The summed E-state index contributed by atoms with van der Waals surface area (Å²) in [5.41, 5.74) is 6.00. The third kappa shape index (κ3) is 4.64. The molecular weight excluding hydrogens is 423 g/mol. The Labute approximate surface area is 179 Å². The summed E-state index contributed by atoms with van der Waals surface area (Å²) in [4.78, 5) is 34.6. The second-order valence-electron chi connectivity index (χ2n) is 6.17. The maximum Gasteiger partial charge on any atom is 0.269 e.